The van der Waals surface area contributed by atoms with Crippen LogP contribution < -0.4 is 10.2 Å². The number of rotatable bonds is 4. The summed E-state index contributed by atoms with van der Waals surface area (Å²) in [6.07, 6.45) is 0.120. The third-order valence-corrected chi connectivity index (χ3v) is 4.49. The van der Waals surface area contributed by atoms with Gasteiger partial charge in [-0.15, -0.1) is 0 Å². The molecule has 0 radical (unpaired) electrons. The number of para-hydroxylation sites is 1. The van der Waals surface area contributed by atoms with E-state index in [0.717, 1.165) is 16.7 Å². The Morgan fingerprint density at radius 2 is 2.00 bits per heavy atom. The van der Waals surface area contributed by atoms with Crippen LogP contribution in [0.2, 0.25) is 0 Å². The van der Waals surface area contributed by atoms with Gasteiger partial charge >= 0.3 is 0 Å². The number of thioether (sulfide) groups is 1. The molecular formula is C17H21FN2O3S. The number of nitrogens with zero attached hydrogens (tertiary/aromatic N) is 1. The van der Waals surface area contributed by atoms with Crippen molar-refractivity contribution in [1.29, 1.82) is 0 Å². The third-order valence-electron chi connectivity index (χ3n) is 3.43. The van der Waals surface area contributed by atoms with Crippen LogP contribution in [0.3, 0.4) is 0 Å². The summed E-state index contributed by atoms with van der Waals surface area (Å²) in [7, 11) is 0. The molecule has 1 heterocycles. The smallest absolute Gasteiger partial charge is 0.240 e. The average molecular weight is 352 g/mol. The first-order chi connectivity index (χ1) is 11.2. The zero-order valence-electron chi connectivity index (χ0n) is 14.0. The maximum atomic E-state index is 14.2. The van der Waals surface area contributed by atoms with Gasteiger partial charge in [0.1, 0.15) is 12.4 Å². The molecule has 0 aliphatic carbocycles. The van der Waals surface area contributed by atoms with E-state index in [0.29, 0.717) is 5.75 Å². The van der Waals surface area contributed by atoms with Gasteiger partial charge in [0.05, 0.1) is 11.6 Å². The normalized spacial score (nSPS) is 17.7. The highest BCUT2D eigenvalue weighted by Gasteiger charge is 2.34. The molecule has 1 aliphatic rings. The van der Waals surface area contributed by atoms with Crippen molar-refractivity contribution >= 4 is 34.4 Å². The van der Waals surface area contributed by atoms with Crippen molar-refractivity contribution in [3.63, 3.8) is 0 Å². The van der Waals surface area contributed by atoms with Crippen LogP contribution in [0.4, 0.5) is 10.1 Å². The molecule has 1 aromatic rings. The minimum atomic E-state index is -0.577. The SMILES string of the molecule is CC(C)(C)NC(=O)CN(C(=O)[C@H]1CSC(=O)C1)c1ccccc1F. The molecule has 1 fully saturated rings. The van der Waals surface area contributed by atoms with Gasteiger partial charge in [0.2, 0.25) is 11.8 Å². The maximum absolute atomic E-state index is 14.2. The number of hydrogen-bond acceptors (Lipinski definition) is 4. The first-order valence-electron chi connectivity index (χ1n) is 7.70. The number of carbonyl (C=O) groups excluding carboxylic acids is 3. The van der Waals surface area contributed by atoms with E-state index < -0.39 is 23.2 Å². The molecule has 1 aromatic carbocycles. The predicted octanol–water partition coefficient (Wildman–Crippen LogP) is 2.35. The van der Waals surface area contributed by atoms with E-state index in [4.69, 9.17) is 0 Å². The second-order valence-corrected chi connectivity index (χ2v) is 7.84. The number of amides is 2. The van der Waals surface area contributed by atoms with Gasteiger partial charge in [-0.05, 0) is 32.9 Å². The number of benzene rings is 1. The van der Waals surface area contributed by atoms with Crippen LogP contribution in [0.5, 0.6) is 0 Å². The lowest BCUT2D eigenvalue weighted by Gasteiger charge is -2.27. The molecule has 1 saturated heterocycles. The molecule has 0 bridgehead atoms. The maximum Gasteiger partial charge on any atom is 0.240 e. The molecule has 5 nitrogen and oxygen atoms in total. The van der Waals surface area contributed by atoms with Crippen molar-refractivity contribution in [2.75, 3.05) is 17.2 Å². The minimum absolute atomic E-state index is 0.0518. The molecule has 0 aromatic heterocycles. The molecule has 0 spiro atoms. The van der Waals surface area contributed by atoms with E-state index in [2.05, 4.69) is 5.32 Å². The van der Waals surface area contributed by atoms with Crippen molar-refractivity contribution in [2.45, 2.75) is 32.7 Å². The lowest BCUT2D eigenvalue weighted by Crippen LogP contribution is -2.49. The fourth-order valence-electron chi connectivity index (χ4n) is 2.45. The Kier molecular flexibility index (Phi) is 5.64. The van der Waals surface area contributed by atoms with Gasteiger partial charge in [0, 0.05) is 17.7 Å². The number of hydrogen-bond donors (Lipinski definition) is 1. The summed E-state index contributed by atoms with van der Waals surface area (Å²) >= 11 is 1.10. The zero-order valence-corrected chi connectivity index (χ0v) is 14.8. The highest BCUT2D eigenvalue weighted by atomic mass is 32.2. The Balaban J connectivity index is 2.25. The summed E-state index contributed by atoms with van der Waals surface area (Å²) in [5, 5.41) is 2.71. The van der Waals surface area contributed by atoms with Crippen molar-refractivity contribution in [2.24, 2.45) is 5.92 Å². The number of carbonyl (C=O) groups is 3. The molecule has 130 valence electrons. The third kappa shape index (κ3) is 4.80. The van der Waals surface area contributed by atoms with Gasteiger partial charge in [0.25, 0.3) is 0 Å². The minimum Gasteiger partial charge on any atom is -0.350 e. The summed E-state index contributed by atoms with van der Waals surface area (Å²) in [5.74, 6) is -1.52. The van der Waals surface area contributed by atoms with Crippen LogP contribution in [-0.4, -0.2) is 34.8 Å². The van der Waals surface area contributed by atoms with Gasteiger partial charge in [-0.25, -0.2) is 4.39 Å². The molecule has 1 atom stereocenters. The molecule has 2 rings (SSSR count). The van der Waals surface area contributed by atoms with Gasteiger partial charge < -0.3 is 5.32 Å². The van der Waals surface area contributed by atoms with E-state index in [9.17, 15) is 18.8 Å². The first kappa shape index (κ1) is 18.4. The van der Waals surface area contributed by atoms with Crippen LogP contribution in [0.1, 0.15) is 27.2 Å². The summed E-state index contributed by atoms with van der Waals surface area (Å²) in [6.45, 7) is 5.19. The lowest BCUT2D eigenvalue weighted by atomic mass is 10.1. The largest absolute Gasteiger partial charge is 0.350 e. The second-order valence-electron chi connectivity index (χ2n) is 6.76. The van der Waals surface area contributed by atoms with Crippen LogP contribution in [0.15, 0.2) is 24.3 Å². The highest BCUT2D eigenvalue weighted by molar-refractivity contribution is 8.14. The quantitative estimate of drug-likeness (QED) is 0.903. The fourth-order valence-corrected chi connectivity index (χ4v) is 3.41. The number of nitrogens with one attached hydrogen (secondary N) is 1. The molecule has 1 N–H and O–H groups in total. The summed E-state index contributed by atoms with van der Waals surface area (Å²) in [6, 6.07) is 5.83. The fraction of sp³-hybridized carbons (Fsp3) is 0.471. The predicted molar refractivity (Wildman–Crippen MR) is 92.2 cm³/mol. The van der Waals surface area contributed by atoms with Gasteiger partial charge in [-0.3, -0.25) is 19.3 Å². The van der Waals surface area contributed by atoms with E-state index in [1.807, 2.05) is 20.8 Å². The topological polar surface area (TPSA) is 66.5 Å². The van der Waals surface area contributed by atoms with Crippen molar-refractivity contribution < 1.29 is 18.8 Å². The monoisotopic (exact) mass is 352 g/mol. The van der Waals surface area contributed by atoms with Crippen molar-refractivity contribution in [3.8, 4) is 0 Å². The molecule has 24 heavy (non-hydrogen) atoms. The van der Waals surface area contributed by atoms with Crippen molar-refractivity contribution in [3.05, 3.63) is 30.1 Å². The summed E-state index contributed by atoms with van der Waals surface area (Å²) in [5.41, 5.74) is -0.406. The first-order valence-corrected chi connectivity index (χ1v) is 8.68. The van der Waals surface area contributed by atoms with E-state index >= 15 is 0 Å². The van der Waals surface area contributed by atoms with Crippen molar-refractivity contribution in [1.82, 2.24) is 5.32 Å². The highest BCUT2D eigenvalue weighted by Crippen LogP contribution is 2.29. The lowest BCUT2D eigenvalue weighted by molar-refractivity contribution is -0.126. The number of anilines is 1. The Morgan fingerprint density at radius 3 is 2.54 bits per heavy atom. The summed E-state index contributed by atoms with van der Waals surface area (Å²) in [4.78, 5) is 37.6. The van der Waals surface area contributed by atoms with E-state index in [1.165, 1.54) is 18.2 Å². The average Bonchev–Trinajstić information content (AvgIpc) is 2.90. The summed E-state index contributed by atoms with van der Waals surface area (Å²) < 4.78 is 14.2. The van der Waals surface area contributed by atoms with Crippen LogP contribution in [0.25, 0.3) is 0 Å². The van der Waals surface area contributed by atoms with Crippen LogP contribution in [-0.2, 0) is 14.4 Å². The Labute approximate surface area is 145 Å². The molecule has 2 amide bonds. The van der Waals surface area contributed by atoms with Crippen LogP contribution >= 0.6 is 11.8 Å². The van der Waals surface area contributed by atoms with Gasteiger partial charge in [-0.2, -0.15) is 0 Å². The molecular weight excluding hydrogens is 331 g/mol. The molecule has 0 saturated carbocycles. The molecule has 7 heteroatoms. The Bertz CT molecular complexity index is 657. The van der Waals surface area contributed by atoms with Crippen LogP contribution in [0, 0.1) is 11.7 Å². The molecule has 1 aliphatic heterocycles. The second kappa shape index (κ2) is 7.34. The standard InChI is InChI=1S/C17H21FN2O3S/c1-17(2,3)19-14(21)9-20(13-7-5-4-6-12(13)18)16(23)11-8-15(22)24-10-11/h4-7,11H,8-10H2,1-3H3,(H,19,21)/t11-/m1/s1. The number of halogens is 1. The van der Waals surface area contributed by atoms with Gasteiger partial charge in [0.15, 0.2) is 5.12 Å². The van der Waals surface area contributed by atoms with E-state index in [1.54, 1.807) is 6.07 Å². The van der Waals surface area contributed by atoms with Gasteiger partial charge in [-0.1, -0.05) is 23.9 Å². The Hall–Kier alpha value is -1.89. The Morgan fingerprint density at radius 1 is 1.33 bits per heavy atom. The van der Waals surface area contributed by atoms with E-state index in [-0.39, 0.29) is 29.7 Å². The zero-order chi connectivity index (χ0) is 17.9. The molecule has 0 unspecified atom stereocenters.